The van der Waals surface area contributed by atoms with Crippen LogP contribution in [0.2, 0.25) is 0 Å². The monoisotopic (exact) mass is 250 g/mol. The van der Waals surface area contributed by atoms with Gasteiger partial charge in [0.25, 0.3) is 0 Å². The summed E-state index contributed by atoms with van der Waals surface area (Å²) in [5.74, 6) is 0.829. The molecule has 0 bridgehead atoms. The normalized spacial score (nSPS) is 19.6. The molecular weight excluding hydrogens is 228 g/mol. The van der Waals surface area contributed by atoms with Crippen molar-refractivity contribution >= 4 is 11.4 Å². The van der Waals surface area contributed by atoms with Crippen LogP contribution in [0.25, 0.3) is 0 Å². The van der Waals surface area contributed by atoms with Gasteiger partial charge in [-0.25, -0.2) is 0 Å². The zero-order valence-electron chi connectivity index (χ0n) is 11.2. The molecule has 2 rings (SSSR count). The van der Waals surface area contributed by atoms with Gasteiger partial charge in [-0.1, -0.05) is 0 Å². The molecular formula is C14H22N2O2. The quantitative estimate of drug-likeness (QED) is 0.833. The highest BCUT2D eigenvalue weighted by Gasteiger charge is 2.17. The Morgan fingerprint density at radius 3 is 2.94 bits per heavy atom. The average molecular weight is 250 g/mol. The standard InChI is InChI=1S/C14H22N2O2/c1-16(10-12-5-3-4-8-18-12)14-9-11(17-2)6-7-13(14)15/h6-7,9,12H,3-5,8,10,15H2,1-2H3. The molecule has 4 nitrogen and oxygen atoms in total. The number of nitrogen functional groups attached to an aromatic ring is 1. The maximum atomic E-state index is 6.01. The van der Waals surface area contributed by atoms with E-state index >= 15 is 0 Å². The highest BCUT2D eigenvalue weighted by molar-refractivity contribution is 5.69. The molecule has 1 aliphatic heterocycles. The SMILES string of the molecule is COc1ccc(N)c(N(C)CC2CCCCO2)c1. The van der Waals surface area contributed by atoms with E-state index in [1.165, 1.54) is 12.8 Å². The van der Waals surface area contributed by atoms with E-state index in [4.69, 9.17) is 15.2 Å². The van der Waals surface area contributed by atoms with Crippen LogP contribution in [-0.4, -0.2) is 33.4 Å². The molecule has 1 saturated heterocycles. The zero-order valence-corrected chi connectivity index (χ0v) is 11.2. The third-order valence-corrected chi connectivity index (χ3v) is 3.40. The minimum Gasteiger partial charge on any atom is -0.497 e. The van der Waals surface area contributed by atoms with E-state index in [1.807, 2.05) is 25.2 Å². The molecule has 4 heteroatoms. The van der Waals surface area contributed by atoms with Crippen LogP contribution in [0.15, 0.2) is 18.2 Å². The van der Waals surface area contributed by atoms with Gasteiger partial charge in [-0.3, -0.25) is 0 Å². The van der Waals surface area contributed by atoms with Crippen molar-refractivity contribution in [2.75, 3.05) is 37.9 Å². The van der Waals surface area contributed by atoms with E-state index in [0.29, 0.717) is 6.10 Å². The topological polar surface area (TPSA) is 47.7 Å². The lowest BCUT2D eigenvalue weighted by atomic mass is 10.1. The number of methoxy groups -OCH3 is 1. The van der Waals surface area contributed by atoms with Crippen molar-refractivity contribution in [3.63, 3.8) is 0 Å². The fraction of sp³-hybridized carbons (Fsp3) is 0.571. The molecule has 2 N–H and O–H groups in total. The first-order valence-corrected chi connectivity index (χ1v) is 6.47. The van der Waals surface area contributed by atoms with Crippen LogP contribution in [0.3, 0.4) is 0 Å². The Morgan fingerprint density at radius 1 is 1.44 bits per heavy atom. The Bertz CT molecular complexity index is 389. The minimum atomic E-state index is 0.314. The van der Waals surface area contributed by atoms with Gasteiger partial charge in [0.05, 0.1) is 24.6 Å². The zero-order chi connectivity index (χ0) is 13.0. The van der Waals surface area contributed by atoms with Crippen LogP contribution in [0.4, 0.5) is 11.4 Å². The van der Waals surface area contributed by atoms with Crippen molar-refractivity contribution < 1.29 is 9.47 Å². The highest BCUT2D eigenvalue weighted by atomic mass is 16.5. The van der Waals surface area contributed by atoms with E-state index in [1.54, 1.807) is 7.11 Å². The number of hydrogen-bond acceptors (Lipinski definition) is 4. The van der Waals surface area contributed by atoms with Crippen LogP contribution >= 0.6 is 0 Å². The molecule has 0 amide bonds. The molecule has 1 heterocycles. The molecule has 0 aromatic heterocycles. The molecule has 0 spiro atoms. The first kappa shape index (κ1) is 13.0. The van der Waals surface area contributed by atoms with Gasteiger partial charge in [0.2, 0.25) is 0 Å². The fourth-order valence-corrected chi connectivity index (χ4v) is 2.34. The summed E-state index contributed by atoms with van der Waals surface area (Å²) in [4.78, 5) is 2.15. The lowest BCUT2D eigenvalue weighted by Crippen LogP contribution is -2.33. The predicted octanol–water partition coefficient (Wildman–Crippen LogP) is 2.28. The van der Waals surface area contributed by atoms with Gasteiger partial charge >= 0.3 is 0 Å². The van der Waals surface area contributed by atoms with Gasteiger partial charge < -0.3 is 20.1 Å². The lowest BCUT2D eigenvalue weighted by Gasteiger charge is -2.29. The second kappa shape index (κ2) is 5.96. The summed E-state index contributed by atoms with van der Waals surface area (Å²) in [5, 5.41) is 0. The molecule has 1 aromatic rings. The lowest BCUT2D eigenvalue weighted by molar-refractivity contribution is 0.0216. The Morgan fingerprint density at radius 2 is 2.28 bits per heavy atom. The number of anilines is 2. The summed E-state index contributed by atoms with van der Waals surface area (Å²) >= 11 is 0. The summed E-state index contributed by atoms with van der Waals surface area (Å²) in [6.07, 6.45) is 3.89. The van der Waals surface area contributed by atoms with Crippen LogP contribution in [0, 0.1) is 0 Å². The molecule has 0 saturated carbocycles. The minimum absolute atomic E-state index is 0.314. The highest BCUT2D eigenvalue weighted by Crippen LogP contribution is 2.28. The largest absolute Gasteiger partial charge is 0.497 e. The summed E-state index contributed by atoms with van der Waals surface area (Å²) < 4.78 is 11.0. The van der Waals surface area contributed by atoms with Gasteiger partial charge in [-0.2, -0.15) is 0 Å². The first-order valence-electron chi connectivity index (χ1n) is 6.47. The van der Waals surface area contributed by atoms with Crippen LogP contribution in [0.1, 0.15) is 19.3 Å². The Kier molecular flexibility index (Phi) is 4.31. The number of nitrogens with two attached hydrogens (primary N) is 1. The Hall–Kier alpha value is -1.42. The summed E-state index contributed by atoms with van der Waals surface area (Å²) in [7, 11) is 3.71. The van der Waals surface area contributed by atoms with Gasteiger partial charge in [0, 0.05) is 26.3 Å². The third-order valence-electron chi connectivity index (χ3n) is 3.40. The second-order valence-electron chi connectivity index (χ2n) is 4.79. The van der Waals surface area contributed by atoms with Crippen molar-refractivity contribution in [2.45, 2.75) is 25.4 Å². The molecule has 1 aromatic carbocycles. The van der Waals surface area contributed by atoms with Crippen LogP contribution < -0.4 is 15.4 Å². The molecule has 1 aliphatic rings. The maximum absolute atomic E-state index is 6.01. The van der Waals surface area contributed by atoms with Gasteiger partial charge in [0.1, 0.15) is 5.75 Å². The van der Waals surface area contributed by atoms with E-state index in [-0.39, 0.29) is 0 Å². The number of hydrogen-bond donors (Lipinski definition) is 1. The third kappa shape index (κ3) is 3.07. The van der Waals surface area contributed by atoms with Gasteiger partial charge in [-0.15, -0.1) is 0 Å². The molecule has 0 aliphatic carbocycles. The fourth-order valence-electron chi connectivity index (χ4n) is 2.34. The van der Waals surface area contributed by atoms with E-state index in [9.17, 15) is 0 Å². The van der Waals surface area contributed by atoms with Gasteiger partial charge in [-0.05, 0) is 31.4 Å². The summed E-state index contributed by atoms with van der Waals surface area (Å²) in [6.45, 7) is 1.75. The van der Waals surface area contributed by atoms with Crippen molar-refractivity contribution in [3.8, 4) is 5.75 Å². The smallest absolute Gasteiger partial charge is 0.121 e. The van der Waals surface area contributed by atoms with Crippen molar-refractivity contribution in [1.82, 2.24) is 0 Å². The summed E-state index contributed by atoms with van der Waals surface area (Å²) in [5.41, 5.74) is 7.79. The van der Waals surface area contributed by atoms with Gasteiger partial charge in [0.15, 0.2) is 0 Å². The van der Waals surface area contributed by atoms with Crippen molar-refractivity contribution in [2.24, 2.45) is 0 Å². The molecule has 18 heavy (non-hydrogen) atoms. The molecule has 100 valence electrons. The van der Waals surface area contributed by atoms with Crippen molar-refractivity contribution in [1.29, 1.82) is 0 Å². The predicted molar refractivity (Wildman–Crippen MR) is 74.3 cm³/mol. The maximum Gasteiger partial charge on any atom is 0.121 e. The second-order valence-corrected chi connectivity index (χ2v) is 4.79. The molecule has 1 atom stereocenters. The Labute approximate surface area is 109 Å². The Balaban J connectivity index is 2.04. The molecule has 1 fully saturated rings. The van der Waals surface area contributed by atoms with E-state index < -0.39 is 0 Å². The number of nitrogens with zero attached hydrogens (tertiary/aromatic N) is 1. The van der Waals surface area contributed by atoms with E-state index in [2.05, 4.69) is 4.90 Å². The van der Waals surface area contributed by atoms with Crippen LogP contribution in [0.5, 0.6) is 5.75 Å². The van der Waals surface area contributed by atoms with Crippen molar-refractivity contribution in [3.05, 3.63) is 18.2 Å². The average Bonchev–Trinajstić information content (AvgIpc) is 2.40. The first-order chi connectivity index (χ1) is 8.70. The molecule has 0 radical (unpaired) electrons. The number of ether oxygens (including phenoxy) is 2. The number of likely N-dealkylation sites (N-methyl/N-ethyl adjacent to an activating group) is 1. The van der Waals surface area contributed by atoms with E-state index in [0.717, 1.165) is 36.7 Å². The summed E-state index contributed by atoms with van der Waals surface area (Å²) in [6, 6.07) is 5.73. The number of benzene rings is 1. The van der Waals surface area contributed by atoms with Crippen LogP contribution in [-0.2, 0) is 4.74 Å². The molecule has 1 unspecified atom stereocenters. The number of rotatable bonds is 4.